The summed E-state index contributed by atoms with van der Waals surface area (Å²) < 4.78 is 30.8. The molecule has 86 valence electrons. The van der Waals surface area contributed by atoms with E-state index in [1.54, 1.807) is 0 Å². The minimum atomic E-state index is -0.607. The van der Waals surface area contributed by atoms with E-state index in [4.69, 9.17) is 0 Å². The fourth-order valence-corrected chi connectivity index (χ4v) is 1.85. The lowest BCUT2D eigenvalue weighted by Gasteiger charge is -2.12. The first-order valence-electron chi connectivity index (χ1n) is 5.10. The summed E-state index contributed by atoms with van der Waals surface area (Å²) in [5, 5.41) is 0. The minimum Gasteiger partial charge on any atom is -0.469 e. The maximum atomic E-state index is 13.4. The molecule has 1 saturated carbocycles. The number of benzene rings is 1. The molecule has 1 aliphatic rings. The SMILES string of the molecule is COC(=O)C1(Cc2ccc(F)cc2F)CC1. The number of hydrogen-bond acceptors (Lipinski definition) is 2. The number of carbonyl (C=O) groups is 1. The average molecular weight is 226 g/mol. The van der Waals surface area contributed by atoms with Gasteiger partial charge in [-0.1, -0.05) is 6.07 Å². The Morgan fingerprint density at radius 3 is 2.62 bits per heavy atom. The molecular weight excluding hydrogens is 214 g/mol. The van der Waals surface area contributed by atoms with Gasteiger partial charge in [-0.2, -0.15) is 0 Å². The van der Waals surface area contributed by atoms with E-state index in [1.807, 2.05) is 0 Å². The quantitative estimate of drug-likeness (QED) is 0.740. The predicted octanol–water partition coefficient (Wildman–Crippen LogP) is 2.46. The Labute approximate surface area is 92.2 Å². The molecule has 0 unspecified atom stereocenters. The van der Waals surface area contributed by atoms with Crippen molar-refractivity contribution in [3.05, 3.63) is 35.4 Å². The third kappa shape index (κ3) is 1.92. The van der Waals surface area contributed by atoms with Crippen molar-refractivity contribution in [2.24, 2.45) is 5.41 Å². The van der Waals surface area contributed by atoms with Gasteiger partial charge in [-0.25, -0.2) is 8.78 Å². The summed E-state index contributed by atoms with van der Waals surface area (Å²) in [7, 11) is 1.32. The zero-order valence-corrected chi connectivity index (χ0v) is 8.93. The van der Waals surface area contributed by atoms with Crippen molar-refractivity contribution >= 4 is 5.97 Å². The number of hydrogen-bond donors (Lipinski definition) is 0. The molecule has 2 nitrogen and oxygen atoms in total. The van der Waals surface area contributed by atoms with Crippen LogP contribution in [-0.4, -0.2) is 13.1 Å². The van der Waals surface area contributed by atoms with E-state index in [0.717, 1.165) is 6.07 Å². The Kier molecular flexibility index (Phi) is 2.66. The van der Waals surface area contributed by atoms with E-state index in [-0.39, 0.29) is 12.4 Å². The topological polar surface area (TPSA) is 26.3 Å². The molecule has 0 spiro atoms. The first-order chi connectivity index (χ1) is 7.57. The van der Waals surface area contributed by atoms with Crippen LogP contribution >= 0.6 is 0 Å². The summed E-state index contributed by atoms with van der Waals surface area (Å²) in [6, 6.07) is 3.42. The maximum Gasteiger partial charge on any atom is 0.312 e. The van der Waals surface area contributed by atoms with Crippen LogP contribution in [0.3, 0.4) is 0 Å². The van der Waals surface area contributed by atoms with E-state index in [2.05, 4.69) is 4.74 Å². The van der Waals surface area contributed by atoms with Crippen molar-refractivity contribution in [3.63, 3.8) is 0 Å². The lowest BCUT2D eigenvalue weighted by Crippen LogP contribution is -2.20. The molecule has 4 heteroatoms. The summed E-state index contributed by atoms with van der Waals surface area (Å²) in [5.41, 5.74) is -0.211. The summed E-state index contributed by atoms with van der Waals surface area (Å²) >= 11 is 0. The lowest BCUT2D eigenvalue weighted by molar-refractivity contribution is -0.147. The Balaban J connectivity index is 2.18. The molecule has 16 heavy (non-hydrogen) atoms. The van der Waals surface area contributed by atoms with Gasteiger partial charge in [0.15, 0.2) is 0 Å². The average Bonchev–Trinajstić information content (AvgIpc) is 3.02. The first-order valence-corrected chi connectivity index (χ1v) is 5.10. The van der Waals surface area contributed by atoms with Crippen LogP contribution in [0, 0.1) is 17.0 Å². The largest absolute Gasteiger partial charge is 0.469 e. The zero-order valence-electron chi connectivity index (χ0n) is 8.93. The van der Waals surface area contributed by atoms with E-state index in [9.17, 15) is 13.6 Å². The van der Waals surface area contributed by atoms with E-state index in [1.165, 1.54) is 19.2 Å². The van der Waals surface area contributed by atoms with Crippen LogP contribution < -0.4 is 0 Å². The van der Waals surface area contributed by atoms with Gasteiger partial charge in [0.2, 0.25) is 0 Å². The summed E-state index contributed by atoms with van der Waals surface area (Å²) in [4.78, 5) is 11.5. The second-order valence-electron chi connectivity index (χ2n) is 4.18. The van der Waals surface area contributed by atoms with Gasteiger partial charge in [0.1, 0.15) is 11.6 Å². The van der Waals surface area contributed by atoms with E-state index in [0.29, 0.717) is 18.4 Å². The first kappa shape index (κ1) is 11.0. The Hall–Kier alpha value is -1.45. The van der Waals surface area contributed by atoms with Gasteiger partial charge in [-0.3, -0.25) is 4.79 Å². The number of methoxy groups -OCH3 is 1. The third-order valence-corrected chi connectivity index (χ3v) is 3.02. The molecule has 0 N–H and O–H groups in total. The van der Waals surface area contributed by atoms with Crippen molar-refractivity contribution in [1.29, 1.82) is 0 Å². The smallest absolute Gasteiger partial charge is 0.312 e. The number of ether oxygens (including phenoxy) is 1. The van der Waals surface area contributed by atoms with E-state index < -0.39 is 17.0 Å². The second kappa shape index (κ2) is 3.85. The summed E-state index contributed by atoms with van der Waals surface area (Å²) in [6.07, 6.45) is 1.69. The van der Waals surface area contributed by atoms with Crippen LogP contribution in [0.5, 0.6) is 0 Å². The highest BCUT2D eigenvalue weighted by molar-refractivity contribution is 5.80. The Morgan fingerprint density at radius 1 is 1.44 bits per heavy atom. The third-order valence-electron chi connectivity index (χ3n) is 3.02. The molecule has 0 bridgehead atoms. The molecule has 0 saturated heterocycles. The van der Waals surface area contributed by atoms with Crippen LogP contribution in [0.1, 0.15) is 18.4 Å². The summed E-state index contributed by atoms with van der Waals surface area (Å²) in [6.45, 7) is 0. The van der Waals surface area contributed by atoms with Crippen molar-refractivity contribution in [2.75, 3.05) is 7.11 Å². The van der Waals surface area contributed by atoms with Gasteiger partial charge in [0.25, 0.3) is 0 Å². The maximum absolute atomic E-state index is 13.4. The van der Waals surface area contributed by atoms with Gasteiger partial charge in [0.05, 0.1) is 12.5 Å². The van der Waals surface area contributed by atoms with Gasteiger partial charge in [-0.15, -0.1) is 0 Å². The van der Waals surface area contributed by atoms with Crippen LogP contribution in [0.4, 0.5) is 8.78 Å². The van der Waals surface area contributed by atoms with Gasteiger partial charge >= 0.3 is 5.97 Å². The number of esters is 1. The van der Waals surface area contributed by atoms with Crippen molar-refractivity contribution in [2.45, 2.75) is 19.3 Å². The van der Waals surface area contributed by atoms with Crippen molar-refractivity contribution in [1.82, 2.24) is 0 Å². The number of carbonyl (C=O) groups excluding carboxylic acids is 1. The zero-order chi connectivity index (χ0) is 11.8. The van der Waals surface area contributed by atoms with Crippen LogP contribution in [0.2, 0.25) is 0 Å². The number of rotatable bonds is 3. The van der Waals surface area contributed by atoms with Gasteiger partial charge in [-0.05, 0) is 30.9 Å². The van der Waals surface area contributed by atoms with Crippen LogP contribution in [0.25, 0.3) is 0 Å². The van der Waals surface area contributed by atoms with Crippen molar-refractivity contribution < 1.29 is 18.3 Å². The fourth-order valence-electron chi connectivity index (χ4n) is 1.85. The Morgan fingerprint density at radius 2 is 2.12 bits per heavy atom. The molecule has 0 aliphatic heterocycles. The monoisotopic (exact) mass is 226 g/mol. The highest BCUT2D eigenvalue weighted by Crippen LogP contribution is 2.49. The normalized spacial score (nSPS) is 16.9. The molecule has 0 heterocycles. The molecule has 1 aromatic carbocycles. The molecule has 0 amide bonds. The van der Waals surface area contributed by atoms with E-state index >= 15 is 0 Å². The molecule has 0 radical (unpaired) electrons. The predicted molar refractivity (Wildman–Crippen MR) is 53.7 cm³/mol. The molecule has 2 rings (SSSR count). The minimum absolute atomic E-state index is 0.284. The lowest BCUT2D eigenvalue weighted by atomic mass is 9.96. The molecule has 0 atom stereocenters. The Bertz CT molecular complexity index is 425. The summed E-state index contributed by atoms with van der Waals surface area (Å²) in [5.74, 6) is -1.52. The van der Waals surface area contributed by atoms with Crippen LogP contribution in [0.15, 0.2) is 18.2 Å². The fraction of sp³-hybridized carbons (Fsp3) is 0.417. The second-order valence-corrected chi connectivity index (χ2v) is 4.18. The van der Waals surface area contributed by atoms with Crippen LogP contribution in [-0.2, 0) is 16.0 Å². The molecule has 1 fully saturated rings. The number of halogens is 2. The standard InChI is InChI=1S/C12H12F2O2/c1-16-11(15)12(4-5-12)7-8-2-3-9(13)6-10(8)14/h2-3,6H,4-5,7H2,1H3. The molecular formula is C12H12F2O2. The molecule has 1 aliphatic carbocycles. The van der Waals surface area contributed by atoms with Crippen molar-refractivity contribution in [3.8, 4) is 0 Å². The molecule has 1 aromatic rings. The molecule has 0 aromatic heterocycles. The highest BCUT2D eigenvalue weighted by atomic mass is 19.1. The van der Waals surface area contributed by atoms with Gasteiger partial charge < -0.3 is 4.74 Å². The highest BCUT2D eigenvalue weighted by Gasteiger charge is 2.51. The van der Waals surface area contributed by atoms with Gasteiger partial charge in [0, 0.05) is 6.07 Å².